The smallest absolute Gasteiger partial charge is 0.237 e. The highest BCUT2D eigenvalue weighted by Crippen LogP contribution is 2.21. The molecule has 0 saturated carbocycles. The van der Waals surface area contributed by atoms with Crippen LogP contribution in [0.15, 0.2) is 54.6 Å². The maximum atomic E-state index is 11.9. The van der Waals surface area contributed by atoms with E-state index in [9.17, 15) is 4.79 Å². The summed E-state index contributed by atoms with van der Waals surface area (Å²) in [5.41, 5.74) is 6.79. The first-order valence-electron chi connectivity index (χ1n) is 7.41. The van der Waals surface area contributed by atoms with Crippen LogP contribution in [0, 0.1) is 5.92 Å². The molecule has 0 fully saturated rings. The Morgan fingerprint density at radius 1 is 1.09 bits per heavy atom. The largest absolute Gasteiger partial charge is 0.457 e. The van der Waals surface area contributed by atoms with Gasteiger partial charge in [-0.1, -0.05) is 44.2 Å². The highest BCUT2D eigenvalue weighted by atomic mass is 16.5. The first-order chi connectivity index (χ1) is 10.6. The van der Waals surface area contributed by atoms with Gasteiger partial charge in [-0.15, -0.1) is 0 Å². The Labute approximate surface area is 131 Å². The van der Waals surface area contributed by atoms with Gasteiger partial charge in [0.15, 0.2) is 0 Å². The lowest BCUT2D eigenvalue weighted by Crippen LogP contribution is -2.43. The van der Waals surface area contributed by atoms with Crippen LogP contribution in [-0.2, 0) is 11.3 Å². The number of para-hydroxylation sites is 1. The minimum Gasteiger partial charge on any atom is -0.457 e. The van der Waals surface area contributed by atoms with Gasteiger partial charge in [0, 0.05) is 6.54 Å². The number of ether oxygens (including phenoxy) is 1. The molecule has 0 aliphatic rings. The van der Waals surface area contributed by atoms with Crippen molar-refractivity contribution >= 4 is 5.91 Å². The summed E-state index contributed by atoms with van der Waals surface area (Å²) >= 11 is 0. The standard InChI is InChI=1S/C18H22N2O2/c1-13(2)17(19)18(21)20-12-14-7-6-10-16(11-14)22-15-8-4-3-5-9-15/h3-11,13,17H,12,19H2,1-2H3,(H,20,21)/t17-/m0/s1. The number of carbonyl (C=O) groups excluding carboxylic acids is 1. The Kier molecular flexibility index (Phi) is 5.55. The third-order valence-electron chi connectivity index (χ3n) is 3.37. The molecule has 3 N–H and O–H groups in total. The summed E-state index contributed by atoms with van der Waals surface area (Å²) in [4.78, 5) is 11.9. The van der Waals surface area contributed by atoms with Gasteiger partial charge in [0.05, 0.1) is 6.04 Å². The van der Waals surface area contributed by atoms with E-state index in [0.717, 1.165) is 17.1 Å². The van der Waals surface area contributed by atoms with Crippen LogP contribution in [0.5, 0.6) is 11.5 Å². The fourth-order valence-electron chi connectivity index (χ4n) is 1.95. The molecule has 0 spiro atoms. The maximum Gasteiger partial charge on any atom is 0.237 e. The quantitative estimate of drug-likeness (QED) is 0.861. The first kappa shape index (κ1) is 16.0. The van der Waals surface area contributed by atoms with Crippen LogP contribution in [0.1, 0.15) is 19.4 Å². The monoisotopic (exact) mass is 298 g/mol. The first-order valence-corrected chi connectivity index (χ1v) is 7.41. The lowest BCUT2D eigenvalue weighted by Gasteiger charge is -2.15. The Morgan fingerprint density at radius 3 is 2.45 bits per heavy atom. The van der Waals surface area contributed by atoms with E-state index < -0.39 is 6.04 Å². The van der Waals surface area contributed by atoms with Crippen molar-refractivity contribution in [1.82, 2.24) is 5.32 Å². The van der Waals surface area contributed by atoms with E-state index in [2.05, 4.69) is 5.32 Å². The summed E-state index contributed by atoms with van der Waals surface area (Å²) in [6, 6.07) is 16.7. The predicted octanol–water partition coefficient (Wildman–Crippen LogP) is 3.08. The van der Waals surface area contributed by atoms with E-state index >= 15 is 0 Å². The molecular weight excluding hydrogens is 276 g/mol. The molecule has 0 heterocycles. The van der Waals surface area contributed by atoms with E-state index in [1.54, 1.807) is 0 Å². The van der Waals surface area contributed by atoms with Crippen molar-refractivity contribution in [2.75, 3.05) is 0 Å². The molecule has 2 aromatic carbocycles. The van der Waals surface area contributed by atoms with Gasteiger partial charge in [0.2, 0.25) is 5.91 Å². The number of benzene rings is 2. The minimum atomic E-state index is -0.483. The highest BCUT2D eigenvalue weighted by molar-refractivity contribution is 5.81. The van der Waals surface area contributed by atoms with Crippen molar-refractivity contribution in [3.63, 3.8) is 0 Å². The molecule has 116 valence electrons. The zero-order chi connectivity index (χ0) is 15.9. The van der Waals surface area contributed by atoms with Crippen molar-refractivity contribution in [2.45, 2.75) is 26.4 Å². The Bertz CT molecular complexity index is 611. The SMILES string of the molecule is CC(C)[C@H](N)C(=O)NCc1cccc(Oc2ccccc2)c1. The van der Waals surface area contributed by atoms with Gasteiger partial charge in [-0.3, -0.25) is 4.79 Å². The Hall–Kier alpha value is -2.33. The van der Waals surface area contributed by atoms with Crippen LogP contribution in [0.3, 0.4) is 0 Å². The van der Waals surface area contributed by atoms with Gasteiger partial charge in [0.1, 0.15) is 11.5 Å². The topological polar surface area (TPSA) is 64.4 Å². The second-order valence-corrected chi connectivity index (χ2v) is 5.55. The molecule has 22 heavy (non-hydrogen) atoms. The van der Waals surface area contributed by atoms with Crippen LogP contribution in [-0.4, -0.2) is 11.9 Å². The zero-order valence-corrected chi connectivity index (χ0v) is 13.0. The van der Waals surface area contributed by atoms with Gasteiger partial charge in [-0.2, -0.15) is 0 Å². The lowest BCUT2D eigenvalue weighted by atomic mass is 10.0. The minimum absolute atomic E-state index is 0.118. The second-order valence-electron chi connectivity index (χ2n) is 5.55. The molecule has 0 aromatic heterocycles. The molecule has 0 aliphatic carbocycles. The third kappa shape index (κ3) is 4.60. The third-order valence-corrected chi connectivity index (χ3v) is 3.37. The summed E-state index contributed by atoms with van der Waals surface area (Å²) in [6.07, 6.45) is 0. The summed E-state index contributed by atoms with van der Waals surface area (Å²) in [5, 5.41) is 2.85. The maximum absolute atomic E-state index is 11.9. The van der Waals surface area contributed by atoms with Crippen molar-refractivity contribution in [2.24, 2.45) is 11.7 Å². The van der Waals surface area contributed by atoms with Crippen LogP contribution < -0.4 is 15.8 Å². The molecule has 2 aromatic rings. The molecule has 2 rings (SSSR count). The number of hydrogen-bond acceptors (Lipinski definition) is 3. The molecule has 4 nitrogen and oxygen atoms in total. The lowest BCUT2D eigenvalue weighted by molar-refractivity contribution is -0.123. The number of amides is 1. The summed E-state index contributed by atoms with van der Waals surface area (Å²) in [6.45, 7) is 4.29. The number of hydrogen-bond donors (Lipinski definition) is 2. The normalized spacial score (nSPS) is 12.0. The molecule has 1 atom stereocenters. The van der Waals surface area contributed by atoms with E-state index in [0.29, 0.717) is 6.54 Å². The molecule has 0 saturated heterocycles. The highest BCUT2D eigenvalue weighted by Gasteiger charge is 2.16. The fourth-order valence-corrected chi connectivity index (χ4v) is 1.95. The van der Waals surface area contributed by atoms with E-state index in [4.69, 9.17) is 10.5 Å². The molecule has 0 unspecified atom stereocenters. The Morgan fingerprint density at radius 2 is 1.77 bits per heavy atom. The van der Waals surface area contributed by atoms with Crippen LogP contribution >= 0.6 is 0 Å². The average molecular weight is 298 g/mol. The van der Waals surface area contributed by atoms with Crippen LogP contribution in [0.2, 0.25) is 0 Å². The molecule has 0 radical (unpaired) electrons. The Balaban J connectivity index is 1.96. The van der Waals surface area contributed by atoms with Gasteiger partial charge in [0.25, 0.3) is 0 Å². The number of nitrogens with two attached hydrogens (primary N) is 1. The van der Waals surface area contributed by atoms with Crippen molar-refractivity contribution in [3.05, 3.63) is 60.2 Å². The van der Waals surface area contributed by atoms with Crippen molar-refractivity contribution < 1.29 is 9.53 Å². The number of nitrogens with one attached hydrogen (secondary N) is 1. The van der Waals surface area contributed by atoms with E-state index in [1.165, 1.54) is 0 Å². The predicted molar refractivity (Wildman–Crippen MR) is 87.6 cm³/mol. The van der Waals surface area contributed by atoms with E-state index in [-0.39, 0.29) is 11.8 Å². The van der Waals surface area contributed by atoms with Crippen molar-refractivity contribution in [3.8, 4) is 11.5 Å². The molecule has 0 bridgehead atoms. The summed E-state index contributed by atoms with van der Waals surface area (Å²) < 4.78 is 5.77. The summed E-state index contributed by atoms with van der Waals surface area (Å²) in [5.74, 6) is 1.51. The van der Waals surface area contributed by atoms with Gasteiger partial charge < -0.3 is 15.8 Å². The van der Waals surface area contributed by atoms with Gasteiger partial charge >= 0.3 is 0 Å². The molecule has 0 aliphatic heterocycles. The van der Waals surface area contributed by atoms with E-state index in [1.807, 2.05) is 68.4 Å². The van der Waals surface area contributed by atoms with Crippen LogP contribution in [0.25, 0.3) is 0 Å². The van der Waals surface area contributed by atoms with Crippen LogP contribution in [0.4, 0.5) is 0 Å². The molecular formula is C18H22N2O2. The molecule has 1 amide bonds. The average Bonchev–Trinajstić information content (AvgIpc) is 2.53. The summed E-state index contributed by atoms with van der Waals surface area (Å²) in [7, 11) is 0. The van der Waals surface area contributed by atoms with Gasteiger partial charge in [-0.05, 0) is 35.7 Å². The zero-order valence-electron chi connectivity index (χ0n) is 13.0. The van der Waals surface area contributed by atoms with Gasteiger partial charge in [-0.25, -0.2) is 0 Å². The molecule has 4 heteroatoms. The second kappa shape index (κ2) is 7.61. The fraction of sp³-hybridized carbons (Fsp3) is 0.278. The van der Waals surface area contributed by atoms with Crippen molar-refractivity contribution in [1.29, 1.82) is 0 Å². The number of carbonyl (C=O) groups is 1. The number of rotatable bonds is 6.